The molecule has 0 bridgehead atoms. The van der Waals surface area contributed by atoms with Gasteiger partial charge >= 0.3 is 6.03 Å². The number of amides is 3. The summed E-state index contributed by atoms with van der Waals surface area (Å²) in [6.07, 6.45) is 17.7. The van der Waals surface area contributed by atoms with E-state index >= 15 is 0 Å². The highest BCUT2D eigenvalue weighted by Gasteiger charge is 2.48. The zero-order chi connectivity index (χ0) is 24.1. The molecule has 2 atom stereocenters. The molecule has 1 saturated heterocycles. The molecule has 3 amide bonds. The number of aliphatic imine (C=N–C) groups is 1. The molecule has 8 heteroatoms. The number of nitrogens with zero attached hydrogens (tertiary/aromatic N) is 3. The maximum atomic E-state index is 12.5. The van der Waals surface area contributed by atoms with Crippen LogP contribution in [-0.2, 0) is 9.59 Å². The lowest BCUT2D eigenvalue weighted by Crippen LogP contribution is -2.63. The second-order valence-electron chi connectivity index (χ2n) is 9.46. The molecule has 0 aromatic rings. The third kappa shape index (κ3) is 9.30. The Kier molecular flexibility index (Phi) is 12.9. The van der Waals surface area contributed by atoms with Gasteiger partial charge in [-0.05, 0) is 13.3 Å². The first-order valence-corrected chi connectivity index (χ1v) is 14.0. The lowest BCUT2D eigenvalue weighted by Gasteiger charge is -2.36. The van der Waals surface area contributed by atoms with E-state index in [0.29, 0.717) is 10.9 Å². The Morgan fingerprint density at radius 3 is 1.94 bits per heavy atom. The number of nitrogens with one attached hydrogen (secondary N) is 1. The Morgan fingerprint density at radius 2 is 1.42 bits per heavy atom. The van der Waals surface area contributed by atoms with E-state index in [1.165, 1.54) is 93.7 Å². The molecule has 0 radical (unpaired) electrons. The van der Waals surface area contributed by atoms with Crippen LogP contribution in [0.15, 0.2) is 4.99 Å². The minimum absolute atomic E-state index is 0.0721. The van der Waals surface area contributed by atoms with E-state index in [0.717, 1.165) is 19.4 Å². The van der Waals surface area contributed by atoms with Crippen molar-refractivity contribution in [3.05, 3.63) is 0 Å². The van der Waals surface area contributed by atoms with Crippen LogP contribution in [0.2, 0.25) is 0 Å². The average molecular weight is 481 g/mol. The summed E-state index contributed by atoms with van der Waals surface area (Å²) in [6, 6.07) is -0.914. The van der Waals surface area contributed by atoms with Crippen LogP contribution < -0.4 is 5.32 Å². The van der Waals surface area contributed by atoms with Crippen molar-refractivity contribution in [2.24, 2.45) is 4.99 Å². The summed E-state index contributed by atoms with van der Waals surface area (Å²) in [5.74, 6) is 0.103. The van der Waals surface area contributed by atoms with Crippen LogP contribution in [0.1, 0.15) is 104 Å². The molecular formula is C25H44N4O3S. The predicted molar refractivity (Wildman–Crippen MR) is 136 cm³/mol. The van der Waals surface area contributed by atoms with Crippen molar-refractivity contribution in [2.75, 3.05) is 19.3 Å². The summed E-state index contributed by atoms with van der Waals surface area (Å²) in [5, 5.41) is 3.13. The summed E-state index contributed by atoms with van der Waals surface area (Å²) in [7, 11) is 1.66. The van der Waals surface area contributed by atoms with Gasteiger partial charge in [0.15, 0.2) is 17.4 Å². The summed E-state index contributed by atoms with van der Waals surface area (Å²) in [5.41, 5.74) is 0. The summed E-state index contributed by atoms with van der Waals surface area (Å²) in [4.78, 5) is 44.1. The largest absolute Gasteiger partial charge is 0.336 e. The number of likely N-dealkylation sites (N-methyl/N-ethyl adjacent to an activating group) is 1. The summed E-state index contributed by atoms with van der Waals surface area (Å²) in [6.45, 7) is 4.54. The molecule has 2 aliphatic rings. The van der Waals surface area contributed by atoms with Gasteiger partial charge in [0.2, 0.25) is 0 Å². The summed E-state index contributed by atoms with van der Waals surface area (Å²) < 4.78 is 0. The van der Waals surface area contributed by atoms with Crippen molar-refractivity contribution < 1.29 is 14.4 Å². The first-order valence-electron chi connectivity index (χ1n) is 13.0. The van der Waals surface area contributed by atoms with Gasteiger partial charge in [0.1, 0.15) is 5.78 Å². The molecule has 0 aromatic heterocycles. The fourth-order valence-corrected chi connectivity index (χ4v) is 5.38. The lowest BCUT2D eigenvalue weighted by molar-refractivity contribution is -0.127. The van der Waals surface area contributed by atoms with Crippen LogP contribution in [0.25, 0.3) is 0 Å². The fraction of sp³-hybridized carbons (Fsp3) is 0.840. The van der Waals surface area contributed by atoms with Crippen LogP contribution in [-0.4, -0.2) is 64.2 Å². The van der Waals surface area contributed by atoms with Crippen molar-refractivity contribution in [3.63, 3.8) is 0 Å². The minimum Gasteiger partial charge on any atom is -0.336 e. The van der Waals surface area contributed by atoms with Crippen molar-refractivity contribution in [2.45, 2.75) is 116 Å². The Hall–Kier alpha value is -1.57. The number of unbranched alkanes of at least 4 members (excludes halogenated alkanes) is 13. The van der Waals surface area contributed by atoms with Gasteiger partial charge in [-0.25, -0.2) is 9.79 Å². The Bertz CT molecular complexity index is 670. The molecule has 2 rings (SSSR count). The molecule has 188 valence electrons. The van der Waals surface area contributed by atoms with Crippen LogP contribution >= 0.6 is 11.8 Å². The topological polar surface area (TPSA) is 82.1 Å². The number of imide groups is 1. The molecule has 2 heterocycles. The van der Waals surface area contributed by atoms with E-state index in [4.69, 9.17) is 0 Å². The van der Waals surface area contributed by atoms with Crippen molar-refractivity contribution >= 4 is 34.7 Å². The van der Waals surface area contributed by atoms with E-state index in [-0.39, 0.29) is 11.7 Å². The molecule has 0 aliphatic carbocycles. The van der Waals surface area contributed by atoms with Gasteiger partial charge in [0.05, 0.1) is 5.75 Å². The number of urea groups is 1. The van der Waals surface area contributed by atoms with Crippen LogP contribution in [0.3, 0.4) is 0 Å². The molecule has 1 fully saturated rings. The van der Waals surface area contributed by atoms with Gasteiger partial charge in [-0.3, -0.25) is 14.9 Å². The first-order chi connectivity index (χ1) is 16.0. The maximum absolute atomic E-state index is 12.5. The predicted octanol–water partition coefficient (Wildman–Crippen LogP) is 5.34. The number of thioether (sulfide) groups is 1. The Balaban J connectivity index is 1.63. The highest BCUT2D eigenvalue weighted by atomic mass is 32.2. The third-order valence-corrected chi connectivity index (χ3v) is 7.63. The number of hydrogen-bond donors (Lipinski definition) is 1. The maximum Gasteiger partial charge on any atom is 0.325 e. The fourth-order valence-electron chi connectivity index (χ4n) is 4.50. The van der Waals surface area contributed by atoms with Crippen LogP contribution in [0.4, 0.5) is 4.79 Å². The normalized spacial score (nSPS) is 20.2. The molecule has 1 N–H and O–H groups in total. The molecule has 0 aromatic carbocycles. The number of amidine groups is 1. The molecule has 2 unspecified atom stereocenters. The standard InChI is InChI=1S/C25H44N4O3S/c1-4-5-6-7-8-9-10-11-12-13-14-15-16-17-18-29-21-22(26-25(29)33-19-20(2)30)28(3)24(32)27-23(21)31/h21-22H,4-19H2,1-3H3,(H,27,31,32). The van der Waals surface area contributed by atoms with E-state index < -0.39 is 18.2 Å². The van der Waals surface area contributed by atoms with Gasteiger partial charge in [-0.2, -0.15) is 0 Å². The first kappa shape index (κ1) is 27.7. The van der Waals surface area contributed by atoms with Gasteiger partial charge in [-0.1, -0.05) is 102 Å². The van der Waals surface area contributed by atoms with Crippen molar-refractivity contribution in [3.8, 4) is 0 Å². The second kappa shape index (κ2) is 15.4. The zero-order valence-corrected chi connectivity index (χ0v) is 21.8. The molecule has 33 heavy (non-hydrogen) atoms. The molecular weight excluding hydrogens is 436 g/mol. The summed E-state index contributed by atoms with van der Waals surface area (Å²) >= 11 is 1.37. The van der Waals surface area contributed by atoms with E-state index in [1.807, 2.05) is 4.90 Å². The molecule has 2 aliphatic heterocycles. The zero-order valence-electron chi connectivity index (χ0n) is 20.9. The monoisotopic (exact) mass is 480 g/mol. The quantitative estimate of drug-likeness (QED) is 0.284. The number of hydrogen-bond acceptors (Lipinski definition) is 6. The molecule has 0 spiro atoms. The number of rotatable bonds is 17. The van der Waals surface area contributed by atoms with Gasteiger partial charge in [-0.15, -0.1) is 0 Å². The van der Waals surface area contributed by atoms with Crippen molar-refractivity contribution in [1.29, 1.82) is 0 Å². The van der Waals surface area contributed by atoms with E-state index in [2.05, 4.69) is 17.2 Å². The smallest absolute Gasteiger partial charge is 0.325 e. The van der Waals surface area contributed by atoms with Crippen molar-refractivity contribution in [1.82, 2.24) is 15.1 Å². The SMILES string of the molecule is CCCCCCCCCCCCCCCCN1C(SCC(C)=O)=NC2C1C(=O)NC(=O)N2C. The number of Topliss-reactive ketones (excluding diaryl/α,β-unsaturated/α-hetero) is 1. The lowest BCUT2D eigenvalue weighted by atomic mass is 10.0. The highest BCUT2D eigenvalue weighted by molar-refractivity contribution is 8.14. The number of fused-ring (bicyclic) bond motifs is 1. The second-order valence-corrected chi connectivity index (χ2v) is 10.4. The van der Waals surface area contributed by atoms with Crippen LogP contribution in [0, 0.1) is 0 Å². The average Bonchev–Trinajstić information content (AvgIpc) is 3.15. The number of carbonyl (C=O) groups excluding carboxylic acids is 3. The van der Waals surface area contributed by atoms with E-state index in [1.54, 1.807) is 14.0 Å². The van der Waals surface area contributed by atoms with Gasteiger partial charge in [0, 0.05) is 13.6 Å². The Labute approximate surface area is 204 Å². The molecule has 0 saturated carbocycles. The molecule has 7 nitrogen and oxygen atoms in total. The van der Waals surface area contributed by atoms with Gasteiger partial charge in [0.25, 0.3) is 5.91 Å². The number of carbonyl (C=O) groups is 3. The highest BCUT2D eigenvalue weighted by Crippen LogP contribution is 2.29. The number of ketones is 1. The van der Waals surface area contributed by atoms with Gasteiger partial charge < -0.3 is 9.80 Å². The third-order valence-electron chi connectivity index (χ3n) is 6.48. The minimum atomic E-state index is -0.507. The van der Waals surface area contributed by atoms with E-state index in [9.17, 15) is 14.4 Å². The van der Waals surface area contributed by atoms with Crippen LogP contribution in [0.5, 0.6) is 0 Å². The Morgan fingerprint density at radius 1 is 0.909 bits per heavy atom.